The predicted octanol–water partition coefficient (Wildman–Crippen LogP) is 13.8. The minimum Gasteiger partial charge on any atom is -0.465 e. The largest absolute Gasteiger partial charge is 0.465 e. The molecule has 342 valence electrons. The fourth-order valence-electron chi connectivity index (χ4n) is 7.29. The standard InChI is InChI=1S/C26H20ClNO4.C18H14ClNO2.C8H7IO2.C2H6/c1-30-25(29)21-8-4-3-7-20(21)16-10-11-22(27)18(12-16)14-31-26-24-19(15-32-26)13-17-6-2-5-9-23(17)28-24;19-15-7-3-1-6-13(15)10-21-18-17-14(11-22-18)9-12-5-2-4-8-16(12)20-17;1-11-8(10)6-4-2-3-5-7(6)9;1-2/h2-13,26H,14-15H2,1H3;1-9,18H,10-11H2;2-5H,1H3;1-2H3. The monoisotopic (exact) mass is 1050 g/mol. The van der Waals surface area contributed by atoms with Gasteiger partial charge in [-0.15, -0.1) is 0 Å². The second-order valence-electron chi connectivity index (χ2n) is 14.8. The highest BCUT2D eigenvalue weighted by Gasteiger charge is 2.28. The molecule has 6 aromatic carbocycles. The van der Waals surface area contributed by atoms with E-state index in [9.17, 15) is 9.59 Å². The lowest BCUT2D eigenvalue weighted by Gasteiger charge is -2.15. The van der Waals surface area contributed by atoms with Crippen molar-refractivity contribution >= 4 is 79.5 Å². The Morgan fingerprint density at radius 2 is 1.06 bits per heavy atom. The predicted molar refractivity (Wildman–Crippen MR) is 270 cm³/mol. The lowest BCUT2D eigenvalue weighted by molar-refractivity contribution is -0.147. The summed E-state index contributed by atoms with van der Waals surface area (Å²) < 4.78 is 33.9. The van der Waals surface area contributed by atoms with Crippen LogP contribution in [0.1, 0.15) is 80.8 Å². The number of carbonyl (C=O) groups is 2. The summed E-state index contributed by atoms with van der Waals surface area (Å²) in [4.78, 5) is 32.6. The Balaban J connectivity index is 0.000000164. The third kappa shape index (κ3) is 12.0. The van der Waals surface area contributed by atoms with Crippen LogP contribution in [0.4, 0.5) is 0 Å². The van der Waals surface area contributed by atoms with E-state index in [0.29, 0.717) is 41.0 Å². The average Bonchev–Trinajstić information content (AvgIpc) is 3.97. The van der Waals surface area contributed by atoms with Crippen molar-refractivity contribution in [3.8, 4) is 11.1 Å². The molecule has 0 saturated heterocycles. The quantitative estimate of drug-likeness (QED) is 0.102. The van der Waals surface area contributed by atoms with E-state index in [0.717, 1.165) is 70.1 Å². The summed E-state index contributed by atoms with van der Waals surface area (Å²) in [5.74, 6) is -0.669. The van der Waals surface area contributed by atoms with Crippen LogP contribution in [0.3, 0.4) is 0 Å². The molecule has 10 nitrogen and oxygen atoms in total. The maximum absolute atomic E-state index is 12.2. The third-order valence-electron chi connectivity index (χ3n) is 10.6. The van der Waals surface area contributed by atoms with Gasteiger partial charge in [0.1, 0.15) is 11.4 Å². The lowest BCUT2D eigenvalue weighted by Crippen LogP contribution is -2.06. The van der Waals surface area contributed by atoms with E-state index >= 15 is 0 Å². The van der Waals surface area contributed by atoms with Crippen molar-refractivity contribution in [2.24, 2.45) is 0 Å². The molecule has 2 atom stereocenters. The fraction of sp³-hybridized carbons (Fsp3) is 0.185. The number of esters is 2. The number of hydrogen-bond acceptors (Lipinski definition) is 10. The molecule has 2 aliphatic rings. The van der Waals surface area contributed by atoms with Gasteiger partial charge in [-0.25, -0.2) is 19.6 Å². The number of benzene rings is 6. The normalized spacial score (nSPS) is 14.3. The molecule has 0 spiro atoms. The lowest BCUT2D eigenvalue weighted by atomic mass is 9.98. The van der Waals surface area contributed by atoms with E-state index in [1.54, 1.807) is 24.3 Å². The van der Waals surface area contributed by atoms with Crippen molar-refractivity contribution in [1.82, 2.24) is 9.97 Å². The van der Waals surface area contributed by atoms with Gasteiger partial charge in [0, 0.05) is 35.5 Å². The van der Waals surface area contributed by atoms with Gasteiger partial charge in [0.05, 0.1) is 62.8 Å². The van der Waals surface area contributed by atoms with Crippen LogP contribution in [0, 0.1) is 3.57 Å². The molecule has 2 aliphatic heterocycles. The smallest absolute Gasteiger partial charge is 0.338 e. The van der Waals surface area contributed by atoms with E-state index < -0.39 is 12.6 Å². The number of ether oxygens (including phenoxy) is 6. The average molecular weight is 1050 g/mol. The first-order valence-electron chi connectivity index (χ1n) is 21.5. The van der Waals surface area contributed by atoms with E-state index in [1.165, 1.54) is 14.2 Å². The summed E-state index contributed by atoms with van der Waals surface area (Å²) in [6, 6.07) is 48.1. The van der Waals surface area contributed by atoms with Gasteiger partial charge in [0.2, 0.25) is 12.6 Å². The van der Waals surface area contributed by atoms with Crippen molar-refractivity contribution in [2.45, 2.75) is 52.9 Å². The van der Waals surface area contributed by atoms with Crippen molar-refractivity contribution in [1.29, 1.82) is 0 Å². The number of carbonyl (C=O) groups excluding carboxylic acids is 2. The minimum absolute atomic E-state index is 0.242. The molecule has 0 saturated carbocycles. The first-order chi connectivity index (χ1) is 32.7. The number of methoxy groups -OCH3 is 2. The molecule has 67 heavy (non-hydrogen) atoms. The van der Waals surface area contributed by atoms with Gasteiger partial charge in [-0.1, -0.05) is 128 Å². The van der Waals surface area contributed by atoms with Gasteiger partial charge in [0.25, 0.3) is 0 Å². The zero-order chi connectivity index (χ0) is 47.3. The molecule has 0 fully saturated rings. The first-order valence-corrected chi connectivity index (χ1v) is 23.3. The van der Waals surface area contributed by atoms with Gasteiger partial charge in [-0.3, -0.25) is 0 Å². The molecule has 8 aromatic rings. The molecule has 4 heterocycles. The number of nitrogens with zero attached hydrogens (tertiary/aromatic N) is 2. The number of aromatic nitrogens is 2. The Labute approximate surface area is 413 Å². The number of halogens is 3. The molecular formula is C54H47Cl2IN2O8. The van der Waals surface area contributed by atoms with Crippen LogP contribution in [0.25, 0.3) is 32.9 Å². The van der Waals surface area contributed by atoms with Crippen LogP contribution in [0.5, 0.6) is 0 Å². The molecule has 2 aromatic heterocycles. The molecule has 0 N–H and O–H groups in total. The highest BCUT2D eigenvalue weighted by molar-refractivity contribution is 14.1. The van der Waals surface area contributed by atoms with E-state index in [4.69, 9.17) is 51.9 Å². The second kappa shape index (κ2) is 23.8. The van der Waals surface area contributed by atoms with Gasteiger partial charge in [-0.2, -0.15) is 0 Å². The summed E-state index contributed by atoms with van der Waals surface area (Å²) in [7, 11) is 2.75. The van der Waals surface area contributed by atoms with Crippen molar-refractivity contribution < 1.29 is 38.0 Å². The Morgan fingerprint density at radius 3 is 1.64 bits per heavy atom. The zero-order valence-corrected chi connectivity index (χ0v) is 40.9. The summed E-state index contributed by atoms with van der Waals surface area (Å²) in [6.07, 6.45) is -0.993. The second-order valence-corrected chi connectivity index (χ2v) is 16.7. The highest BCUT2D eigenvalue weighted by atomic mass is 127. The Kier molecular flexibility index (Phi) is 17.5. The van der Waals surface area contributed by atoms with E-state index in [1.807, 2.05) is 123 Å². The first kappa shape index (κ1) is 49.1. The van der Waals surface area contributed by atoms with E-state index in [2.05, 4.69) is 50.5 Å². The number of hydrogen-bond donors (Lipinski definition) is 0. The summed E-state index contributed by atoms with van der Waals surface area (Å²) >= 11 is 14.7. The van der Waals surface area contributed by atoms with Crippen LogP contribution in [0.15, 0.2) is 152 Å². The minimum atomic E-state index is -0.559. The number of pyridine rings is 2. The molecular weight excluding hydrogens is 1000 g/mol. The highest BCUT2D eigenvalue weighted by Crippen LogP contribution is 2.36. The number of rotatable bonds is 9. The topological polar surface area (TPSA) is 115 Å². The van der Waals surface area contributed by atoms with Crippen LogP contribution < -0.4 is 0 Å². The van der Waals surface area contributed by atoms with Crippen LogP contribution in [0.2, 0.25) is 10.0 Å². The third-order valence-corrected chi connectivity index (χ3v) is 12.3. The van der Waals surface area contributed by atoms with E-state index in [-0.39, 0.29) is 18.5 Å². The molecule has 0 radical (unpaired) electrons. The SMILES string of the molecule is CC.COC(=O)c1ccccc1-c1ccc(Cl)c(COC2OCc3cc4ccccc4nc32)c1.COC(=O)c1ccccc1I.Clc1ccccc1COC1OCc2cc3ccccc3nc21. The molecule has 0 amide bonds. The molecule has 13 heteroatoms. The molecule has 0 aliphatic carbocycles. The number of para-hydroxylation sites is 2. The van der Waals surface area contributed by atoms with Crippen LogP contribution >= 0.6 is 45.8 Å². The van der Waals surface area contributed by atoms with Crippen molar-refractivity contribution in [3.63, 3.8) is 0 Å². The molecule has 0 bridgehead atoms. The van der Waals surface area contributed by atoms with Gasteiger partial charge in [-0.05, 0) is 106 Å². The van der Waals surface area contributed by atoms with Gasteiger partial charge >= 0.3 is 11.9 Å². The van der Waals surface area contributed by atoms with Crippen LogP contribution in [-0.2, 0) is 54.8 Å². The van der Waals surface area contributed by atoms with Gasteiger partial charge < -0.3 is 28.4 Å². The summed E-state index contributed by atoms with van der Waals surface area (Å²) in [5.41, 5.74) is 10.1. The van der Waals surface area contributed by atoms with Crippen LogP contribution in [-0.4, -0.2) is 36.1 Å². The Morgan fingerprint density at radius 1 is 0.582 bits per heavy atom. The van der Waals surface area contributed by atoms with Gasteiger partial charge in [0.15, 0.2) is 0 Å². The summed E-state index contributed by atoms with van der Waals surface area (Å²) in [5, 5.41) is 3.48. The van der Waals surface area contributed by atoms with Crippen molar-refractivity contribution in [2.75, 3.05) is 14.2 Å². The Hall–Kier alpha value is -5.77. The molecule has 2 unspecified atom stereocenters. The maximum atomic E-state index is 12.2. The summed E-state index contributed by atoms with van der Waals surface area (Å²) in [6.45, 7) is 5.63. The Bertz CT molecular complexity index is 3000. The maximum Gasteiger partial charge on any atom is 0.338 e. The zero-order valence-electron chi connectivity index (χ0n) is 37.2. The molecule has 10 rings (SSSR count). The fourth-order valence-corrected chi connectivity index (χ4v) is 8.26. The van der Waals surface area contributed by atoms with Crippen molar-refractivity contribution in [3.05, 3.63) is 210 Å². The number of fused-ring (bicyclic) bond motifs is 4.